The van der Waals surface area contributed by atoms with Crippen LogP contribution >= 0.6 is 11.6 Å². The molecule has 0 spiro atoms. The van der Waals surface area contributed by atoms with Gasteiger partial charge in [0, 0.05) is 43.0 Å². The number of fused-ring (bicyclic) bond motifs is 1. The van der Waals surface area contributed by atoms with E-state index in [2.05, 4.69) is 17.2 Å². The van der Waals surface area contributed by atoms with Gasteiger partial charge in [-0.2, -0.15) is 0 Å². The minimum absolute atomic E-state index is 0.0219. The third-order valence-corrected chi connectivity index (χ3v) is 8.00. The Hall–Kier alpha value is -3.64. The number of benzene rings is 2. The Morgan fingerprint density at radius 3 is 2.44 bits per heavy atom. The summed E-state index contributed by atoms with van der Waals surface area (Å²) in [5.41, 5.74) is -0.144. The fourth-order valence-corrected chi connectivity index (χ4v) is 5.56. The van der Waals surface area contributed by atoms with Crippen LogP contribution in [0.2, 0.25) is 5.15 Å². The van der Waals surface area contributed by atoms with Crippen molar-refractivity contribution < 1.29 is 23.4 Å². The maximum atomic E-state index is 13.2. The highest BCUT2D eigenvalue weighted by Gasteiger charge is 2.35. The lowest BCUT2D eigenvalue weighted by Crippen LogP contribution is -2.49. The lowest BCUT2D eigenvalue weighted by atomic mass is 9.91. The minimum atomic E-state index is -2.59. The van der Waals surface area contributed by atoms with Gasteiger partial charge in [0.25, 0.3) is 17.9 Å². The molecule has 2 aromatic carbocycles. The molecule has 0 saturated carbocycles. The second kappa shape index (κ2) is 13.3. The number of hydrogen-bond acceptors (Lipinski definition) is 6. The molecule has 4 aromatic rings. The number of aliphatic hydroxyl groups is 1. The van der Waals surface area contributed by atoms with Crippen molar-refractivity contribution in [2.75, 3.05) is 32.8 Å². The Bertz CT molecular complexity index is 1600. The van der Waals surface area contributed by atoms with Crippen molar-refractivity contribution in [3.05, 3.63) is 93.6 Å². The zero-order valence-corrected chi connectivity index (χ0v) is 24.5. The fourth-order valence-electron chi connectivity index (χ4n) is 5.27. The molecule has 2 aromatic heterocycles. The number of carbonyl (C=O) groups is 1. The standard InChI is InChI=1S/C26H23ClF2N4O3.C5H11NO/c27-21-14-20-23(33(21)19-4-2-1-3-5-19)30-16-32(25(20)35)15-26(36)10-12-31(13-11-26)24(34)18-8-6-17(7-9-18)22(28)29;1-5-4-6-2-3-7-5/h1-9,14,16,22,36H,10-13,15H2;5-6H,2-4H2,1H3. The van der Waals surface area contributed by atoms with E-state index in [-0.39, 0.29) is 49.5 Å². The van der Waals surface area contributed by atoms with Crippen molar-refractivity contribution in [3.8, 4) is 5.69 Å². The number of para-hydroxylation sites is 1. The number of halogens is 3. The predicted molar refractivity (Wildman–Crippen MR) is 160 cm³/mol. The highest BCUT2D eigenvalue weighted by Crippen LogP contribution is 2.27. The Morgan fingerprint density at radius 2 is 1.86 bits per heavy atom. The Morgan fingerprint density at radius 1 is 1.16 bits per heavy atom. The minimum Gasteiger partial charge on any atom is -0.388 e. The Balaban J connectivity index is 0.000000463. The van der Waals surface area contributed by atoms with E-state index in [1.807, 2.05) is 30.3 Å². The molecular weight excluding hydrogens is 580 g/mol. The molecule has 1 amide bonds. The van der Waals surface area contributed by atoms with Crippen LogP contribution in [0.1, 0.15) is 42.1 Å². The predicted octanol–water partition coefficient (Wildman–Crippen LogP) is 4.44. The smallest absolute Gasteiger partial charge is 0.263 e. The first-order valence-electron chi connectivity index (χ1n) is 14.2. The van der Waals surface area contributed by atoms with Gasteiger partial charge in [-0.1, -0.05) is 41.9 Å². The van der Waals surface area contributed by atoms with E-state index in [4.69, 9.17) is 16.3 Å². The number of aromatic nitrogens is 3. The molecule has 43 heavy (non-hydrogen) atoms. The molecule has 9 nitrogen and oxygen atoms in total. The summed E-state index contributed by atoms with van der Waals surface area (Å²) in [6.07, 6.45) is -0.257. The van der Waals surface area contributed by atoms with Crippen LogP contribution in [0.3, 0.4) is 0 Å². The second-order valence-electron chi connectivity index (χ2n) is 10.9. The van der Waals surface area contributed by atoms with E-state index in [0.717, 1.165) is 25.4 Å². The highest BCUT2D eigenvalue weighted by molar-refractivity contribution is 6.31. The molecule has 2 saturated heterocycles. The van der Waals surface area contributed by atoms with E-state index in [9.17, 15) is 23.5 Å². The van der Waals surface area contributed by atoms with Crippen molar-refractivity contribution in [2.45, 2.75) is 44.4 Å². The third-order valence-electron chi connectivity index (χ3n) is 7.72. The fraction of sp³-hybridized carbons (Fsp3) is 0.387. The molecule has 2 fully saturated rings. The lowest BCUT2D eigenvalue weighted by Gasteiger charge is -2.38. The molecule has 1 unspecified atom stereocenters. The number of morpholine rings is 1. The summed E-state index contributed by atoms with van der Waals surface area (Å²) in [5.74, 6) is -0.282. The quantitative estimate of drug-likeness (QED) is 0.345. The van der Waals surface area contributed by atoms with Crippen LogP contribution in [-0.2, 0) is 11.3 Å². The van der Waals surface area contributed by atoms with Crippen molar-refractivity contribution in [1.82, 2.24) is 24.3 Å². The average Bonchev–Trinajstić information content (AvgIpc) is 3.36. The molecular formula is C31H34ClF2N5O4. The van der Waals surface area contributed by atoms with Crippen molar-refractivity contribution in [3.63, 3.8) is 0 Å². The largest absolute Gasteiger partial charge is 0.388 e. The van der Waals surface area contributed by atoms with Gasteiger partial charge in [0.1, 0.15) is 11.5 Å². The molecule has 0 aliphatic carbocycles. The zero-order valence-electron chi connectivity index (χ0n) is 23.8. The second-order valence-corrected chi connectivity index (χ2v) is 11.3. The number of nitrogens with one attached hydrogen (secondary N) is 1. The SMILES string of the molecule is CC1CNCCO1.O=C(c1ccc(C(F)F)cc1)N1CCC(O)(Cn2cnc3c(cc(Cl)n3-c3ccccc3)c2=O)CC1. The van der Waals surface area contributed by atoms with Gasteiger partial charge in [-0.15, -0.1) is 0 Å². The summed E-state index contributed by atoms with van der Waals surface area (Å²) >= 11 is 6.42. The third kappa shape index (κ3) is 7.13. The number of carbonyl (C=O) groups excluding carboxylic acids is 1. The van der Waals surface area contributed by atoms with Gasteiger partial charge in [0.2, 0.25) is 0 Å². The number of ether oxygens (including phenoxy) is 1. The maximum Gasteiger partial charge on any atom is 0.263 e. The Kier molecular flexibility index (Phi) is 9.55. The Labute approximate surface area is 252 Å². The topological polar surface area (TPSA) is 102 Å². The van der Waals surface area contributed by atoms with E-state index in [1.165, 1.54) is 35.2 Å². The molecule has 1 atom stereocenters. The first-order chi connectivity index (χ1) is 20.6. The van der Waals surface area contributed by atoms with Gasteiger partial charge < -0.3 is 20.1 Å². The number of hydrogen-bond donors (Lipinski definition) is 2. The zero-order chi connectivity index (χ0) is 30.6. The van der Waals surface area contributed by atoms with Gasteiger partial charge in [-0.05, 0) is 50.1 Å². The highest BCUT2D eigenvalue weighted by atomic mass is 35.5. The van der Waals surface area contributed by atoms with Gasteiger partial charge >= 0.3 is 0 Å². The van der Waals surface area contributed by atoms with Crippen LogP contribution in [0.25, 0.3) is 16.7 Å². The van der Waals surface area contributed by atoms with Gasteiger partial charge in [-0.3, -0.25) is 18.7 Å². The summed E-state index contributed by atoms with van der Waals surface area (Å²) in [5, 5.41) is 15.1. The van der Waals surface area contributed by atoms with Gasteiger partial charge in [0.05, 0.1) is 30.2 Å². The molecule has 2 aliphatic rings. The number of alkyl halides is 2. The summed E-state index contributed by atoms with van der Waals surface area (Å²) in [7, 11) is 0. The molecule has 228 valence electrons. The maximum absolute atomic E-state index is 13.2. The van der Waals surface area contributed by atoms with Crippen LogP contribution in [0.15, 0.2) is 71.8 Å². The van der Waals surface area contributed by atoms with Crippen LogP contribution in [-0.4, -0.2) is 74.5 Å². The molecule has 2 N–H and O–H groups in total. The average molecular weight is 614 g/mol. The monoisotopic (exact) mass is 613 g/mol. The molecule has 0 radical (unpaired) electrons. The first kappa shape index (κ1) is 30.8. The molecule has 2 aliphatic heterocycles. The van der Waals surface area contributed by atoms with E-state index in [0.29, 0.717) is 27.9 Å². The van der Waals surface area contributed by atoms with Crippen molar-refractivity contribution >= 4 is 28.5 Å². The normalized spacial score (nSPS) is 18.4. The van der Waals surface area contributed by atoms with Gasteiger partial charge in [0.15, 0.2) is 5.65 Å². The summed E-state index contributed by atoms with van der Waals surface area (Å²) in [6.45, 7) is 5.55. The molecule has 4 heterocycles. The van der Waals surface area contributed by atoms with E-state index in [1.54, 1.807) is 15.5 Å². The van der Waals surface area contributed by atoms with Crippen LogP contribution < -0.4 is 10.9 Å². The van der Waals surface area contributed by atoms with E-state index >= 15 is 0 Å². The number of rotatable bonds is 5. The van der Waals surface area contributed by atoms with Gasteiger partial charge in [-0.25, -0.2) is 13.8 Å². The van der Waals surface area contributed by atoms with Crippen LogP contribution in [0, 0.1) is 0 Å². The first-order valence-corrected chi connectivity index (χ1v) is 14.6. The van der Waals surface area contributed by atoms with Crippen molar-refractivity contribution in [1.29, 1.82) is 0 Å². The summed E-state index contributed by atoms with van der Waals surface area (Å²) in [6, 6.07) is 16.2. The van der Waals surface area contributed by atoms with E-state index < -0.39 is 12.0 Å². The number of likely N-dealkylation sites (tertiary alicyclic amines) is 1. The number of nitrogens with zero attached hydrogens (tertiary/aromatic N) is 4. The number of amides is 1. The molecule has 12 heteroatoms. The lowest BCUT2D eigenvalue weighted by molar-refractivity contribution is -0.0299. The summed E-state index contributed by atoms with van der Waals surface area (Å²) < 4.78 is 33.8. The molecule has 0 bridgehead atoms. The number of piperidine rings is 1. The van der Waals surface area contributed by atoms with Crippen LogP contribution in [0.5, 0.6) is 0 Å². The summed E-state index contributed by atoms with van der Waals surface area (Å²) in [4.78, 5) is 32.0. The van der Waals surface area contributed by atoms with Crippen LogP contribution in [0.4, 0.5) is 8.78 Å². The van der Waals surface area contributed by atoms with Crippen molar-refractivity contribution in [2.24, 2.45) is 0 Å². The molecule has 6 rings (SSSR count).